The van der Waals surface area contributed by atoms with Crippen LogP contribution in [0.2, 0.25) is 0 Å². The summed E-state index contributed by atoms with van der Waals surface area (Å²) >= 11 is 0. The Morgan fingerprint density at radius 1 is 1.00 bits per heavy atom. The van der Waals surface area contributed by atoms with Gasteiger partial charge >= 0.3 is 0 Å². The lowest BCUT2D eigenvalue weighted by Gasteiger charge is -2.11. The SMILES string of the molecule is CN(N=Cc1ccccc1)C(N)=Nc1ccccc1. The van der Waals surface area contributed by atoms with Gasteiger partial charge in [0.15, 0.2) is 0 Å². The first-order chi connectivity index (χ1) is 9.25. The molecular weight excluding hydrogens is 236 g/mol. The zero-order chi connectivity index (χ0) is 13.5. The van der Waals surface area contributed by atoms with Gasteiger partial charge in [0.2, 0.25) is 5.96 Å². The van der Waals surface area contributed by atoms with Crippen LogP contribution < -0.4 is 5.73 Å². The van der Waals surface area contributed by atoms with Gasteiger partial charge in [-0.2, -0.15) is 5.10 Å². The van der Waals surface area contributed by atoms with Crippen LogP contribution in [0.4, 0.5) is 5.69 Å². The van der Waals surface area contributed by atoms with Gasteiger partial charge in [0.25, 0.3) is 0 Å². The molecule has 0 fully saturated rings. The first-order valence-electron chi connectivity index (χ1n) is 5.97. The largest absolute Gasteiger partial charge is 0.368 e. The Morgan fingerprint density at radius 3 is 2.21 bits per heavy atom. The van der Waals surface area contributed by atoms with Crippen molar-refractivity contribution >= 4 is 17.9 Å². The molecule has 0 aliphatic rings. The van der Waals surface area contributed by atoms with E-state index in [1.54, 1.807) is 18.3 Å². The predicted molar refractivity (Wildman–Crippen MR) is 79.5 cm³/mol. The summed E-state index contributed by atoms with van der Waals surface area (Å²) < 4.78 is 0. The van der Waals surface area contributed by atoms with Crippen molar-refractivity contribution in [1.29, 1.82) is 0 Å². The summed E-state index contributed by atoms with van der Waals surface area (Å²) in [5, 5.41) is 5.78. The van der Waals surface area contributed by atoms with E-state index in [-0.39, 0.29) is 0 Å². The van der Waals surface area contributed by atoms with E-state index in [1.807, 2.05) is 60.7 Å². The lowest BCUT2D eigenvalue weighted by atomic mass is 10.2. The van der Waals surface area contributed by atoms with Crippen LogP contribution in [0.3, 0.4) is 0 Å². The van der Waals surface area contributed by atoms with E-state index in [4.69, 9.17) is 5.73 Å². The fourth-order valence-corrected chi connectivity index (χ4v) is 1.46. The maximum Gasteiger partial charge on any atom is 0.217 e. The second-order valence-corrected chi connectivity index (χ2v) is 3.98. The lowest BCUT2D eigenvalue weighted by molar-refractivity contribution is 0.541. The molecule has 0 aliphatic heterocycles. The standard InChI is InChI=1S/C15H16N4/c1-19(17-12-13-8-4-2-5-9-13)15(16)18-14-10-6-3-7-11-14/h2-12H,1H3,(H2,16,18). The van der Waals surface area contributed by atoms with Crippen molar-refractivity contribution in [3.05, 3.63) is 66.2 Å². The zero-order valence-corrected chi connectivity index (χ0v) is 10.8. The smallest absolute Gasteiger partial charge is 0.217 e. The summed E-state index contributed by atoms with van der Waals surface area (Å²) in [5.41, 5.74) is 7.70. The van der Waals surface area contributed by atoms with Crippen molar-refractivity contribution in [2.75, 3.05) is 7.05 Å². The monoisotopic (exact) mass is 252 g/mol. The molecule has 0 aromatic heterocycles. The molecule has 2 N–H and O–H groups in total. The molecule has 2 aromatic rings. The van der Waals surface area contributed by atoms with Gasteiger partial charge in [0.1, 0.15) is 0 Å². The van der Waals surface area contributed by atoms with Crippen LogP contribution in [0.5, 0.6) is 0 Å². The number of aliphatic imine (C=N–C) groups is 1. The van der Waals surface area contributed by atoms with Crippen LogP contribution in [0.25, 0.3) is 0 Å². The Kier molecular flexibility index (Phi) is 4.29. The van der Waals surface area contributed by atoms with Crippen molar-refractivity contribution in [1.82, 2.24) is 5.01 Å². The fourth-order valence-electron chi connectivity index (χ4n) is 1.46. The molecule has 4 nitrogen and oxygen atoms in total. The van der Waals surface area contributed by atoms with E-state index >= 15 is 0 Å². The van der Waals surface area contributed by atoms with Crippen molar-refractivity contribution in [2.45, 2.75) is 0 Å². The second kappa shape index (κ2) is 6.35. The molecule has 0 unspecified atom stereocenters. The molecule has 2 rings (SSSR count). The summed E-state index contributed by atoms with van der Waals surface area (Å²) in [6.45, 7) is 0. The fraction of sp³-hybridized carbons (Fsp3) is 0.0667. The Morgan fingerprint density at radius 2 is 1.58 bits per heavy atom. The predicted octanol–water partition coefficient (Wildman–Crippen LogP) is 2.60. The number of hydrogen-bond acceptors (Lipinski definition) is 2. The first-order valence-corrected chi connectivity index (χ1v) is 5.97. The summed E-state index contributed by atoms with van der Waals surface area (Å²) in [5.74, 6) is 0.346. The highest BCUT2D eigenvalue weighted by Crippen LogP contribution is 2.09. The van der Waals surface area contributed by atoms with Crippen LogP contribution in [0.1, 0.15) is 5.56 Å². The molecule has 0 heterocycles. The van der Waals surface area contributed by atoms with Crippen LogP contribution in [-0.4, -0.2) is 24.2 Å². The molecule has 96 valence electrons. The highest BCUT2D eigenvalue weighted by molar-refractivity contribution is 5.84. The molecule has 2 aromatic carbocycles. The van der Waals surface area contributed by atoms with E-state index < -0.39 is 0 Å². The van der Waals surface area contributed by atoms with E-state index in [2.05, 4.69) is 10.1 Å². The van der Waals surface area contributed by atoms with E-state index in [0.717, 1.165) is 11.3 Å². The molecule has 0 saturated heterocycles. The van der Waals surface area contributed by atoms with Gasteiger partial charge in [0.05, 0.1) is 11.9 Å². The minimum Gasteiger partial charge on any atom is -0.368 e. The highest BCUT2D eigenvalue weighted by atomic mass is 15.5. The van der Waals surface area contributed by atoms with Crippen LogP contribution in [0.15, 0.2) is 70.8 Å². The maximum atomic E-state index is 5.88. The van der Waals surface area contributed by atoms with E-state index in [9.17, 15) is 0 Å². The molecule has 0 aliphatic carbocycles. The highest BCUT2D eigenvalue weighted by Gasteiger charge is 1.98. The maximum absolute atomic E-state index is 5.88. The average Bonchev–Trinajstić information content (AvgIpc) is 2.47. The molecule has 19 heavy (non-hydrogen) atoms. The van der Waals surface area contributed by atoms with Crippen molar-refractivity contribution in [3.8, 4) is 0 Å². The molecule has 0 bridgehead atoms. The number of hydrazone groups is 1. The third-order valence-corrected chi connectivity index (χ3v) is 2.51. The lowest BCUT2D eigenvalue weighted by Crippen LogP contribution is -2.29. The summed E-state index contributed by atoms with van der Waals surface area (Å²) in [6, 6.07) is 19.4. The Labute approximate surface area is 112 Å². The van der Waals surface area contributed by atoms with Gasteiger partial charge in [-0.15, -0.1) is 0 Å². The Hall–Kier alpha value is -2.62. The topological polar surface area (TPSA) is 54.0 Å². The minimum absolute atomic E-state index is 0.346. The van der Waals surface area contributed by atoms with Crippen LogP contribution in [-0.2, 0) is 0 Å². The van der Waals surface area contributed by atoms with Gasteiger partial charge in [-0.3, -0.25) is 0 Å². The molecule has 0 radical (unpaired) electrons. The van der Waals surface area contributed by atoms with Gasteiger partial charge in [-0.25, -0.2) is 10.0 Å². The number of guanidine groups is 1. The number of rotatable bonds is 3. The normalized spacial score (nSPS) is 11.7. The second-order valence-electron chi connectivity index (χ2n) is 3.98. The molecule has 0 amide bonds. The van der Waals surface area contributed by atoms with Crippen molar-refractivity contribution in [3.63, 3.8) is 0 Å². The molecular formula is C15H16N4. The molecule has 0 spiro atoms. The summed E-state index contributed by atoms with van der Waals surface area (Å²) in [6.07, 6.45) is 1.74. The Bertz CT molecular complexity index is 561. The van der Waals surface area contributed by atoms with Gasteiger partial charge in [-0.05, 0) is 17.7 Å². The number of benzene rings is 2. The third-order valence-electron chi connectivity index (χ3n) is 2.51. The summed E-state index contributed by atoms with van der Waals surface area (Å²) in [4.78, 5) is 4.28. The first kappa shape index (κ1) is 12.8. The molecule has 0 saturated carbocycles. The van der Waals surface area contributed by atoms with Gasteiger partial charge in [0, 0.05) is 7.05 Å². The third kappa shape index (κ3) is 3.96. The number of hydrogen-bond donors (Lipinski definition) is 1. The van der Waals surface area contributed by atoms with Crippen molar-refractivity contribution < 1.29 is 0 Å². The summed E-state index contributed by atoms with van der Waals surface area (Å²) in [7, 11) is 1.77. The van der Waals surface area contributed by atoms with Crippen LogP contribution >= 0.6 is 0 Å². The van der Waals surface area contributed by atoms with Crippen molar-refractivity contribution in [2.24, 2.45) is 15.8 Å². The Balaban J connectivity index is 2.06. The minimum atomic E-state index is 0.346. The van der Waals surface area contributed by atoms with Gasteiger partial charge < -0.3 is 5.73 Å². The van der Waals surface area contributed by atoms with E-state index in [0.29, 0.717) is 5.96 Å². The van der Waals surface area contributed by atoms with E-state index in [1.165, 1.54) is 0 Å². The number of nitrogens with two attached hydrogens (primary N) is 1. The number of para-hydroxylation sites is 1. The quantitative estimate of drug-likeness (QED) is 0.518. The van der Waals surface area contributed by atoms with Crippen LogP contribution in [0, 0.1) is 0 Å². The molecule has 4 heteroatoms. The van der Waals surface area contributed by atoms with Gasteiger partial charge in [-0.1, -0.05) is 48.5 Å². The molecule has 0 atom stereocenters. The zero-order valence-electron chi connectivity index (χ0n) is 10.8. The number of nitrogens with zero attached hydrogens (tertiary/aromatic N) is 3. The average molecular weight is 252 g/mol.